The molecular formula is C23H24N2O. The van der Waals surface area contributed by atoms with E-state index < -0.39 is 6.10 Å². The minimum atomic E-state index is -0.478. The molecular weight excluding hydrogens is 320 g/mol. The normalized spacial score (nSPS) is 12.6. The van der Waals surface area contributed by atoms with Crippen LogP contribution in [0.3, 0.4) is 0 Å². The Labute approximate surface area is 153 Å². The van der Waals surface area contributed by atoms with E-state index in [4.69, 9.17) is 0 Å². The summed E-state index contributed by atoms with van der Waals surface area (Å²) in [5.41, 5.74) is 5.83. The van der Waals surface area contributed by atoms with E-state index in [-0.39, 0.29) is 0 Å². The highest BCUT2D eigenvalue weighted by Crippen LogP contribution is 2.29. The molecule has 0 saturated heterocycles. The third-order valence-corrected chi connectivity index (χ3v) is 4.99. The summed E-state index contributed by atoms with van der Waals surface area (Å²) in [6.07, 6.45) is -0.478. The molecule has 0 radical (unpaired) electrons. The standard InChI is InChI=1S/C23H24N2O/c1-16-11-12-17(2)21(13-16)24-14-18(26)15-25-22-9-5-3-7-19(22)20-8-4-6-10-23(20)25/h3-13,18,24,26H,14-15H2,1-2H3/t18-/m0/s1. The lowest BCUT2D eigenvalue weighted by atomic mass is 10.1. The zero-order valence-corrected chi connectivity index (χ0v) is 15.2. The van der Waals surface area contributed by atoms with Gasteiger partial charge in [0.2, 0.25) is 0 Å². The number of hydrogen-bond acceptors (Lipinski definition) is 2. The van der Waals surface area contributed by atoms with Crippen molar-refractivity contribution >= 4 is 27.5 Å². The Morgan fingerprint density at radius 1 is 0.885 bits per heavy atom. The molecule has 4 aromatic rings. The largest absolute Gasteiger partial charge is 0.389 e. The smallest absolute Gasteiger partial charge is 0.0891 e. The van der Waals surface area contributed by atoms with Crippen LogP contribution in [-0.4, -0.2) is 22.3 Å². The summed E-state index contributed by atoms with van der Waals surface area (Å²) < 4.78 is 2.22. The Bertz CT molecular complexity index is 1010. The first-order valence-electron chi connectivity index (χ1n) is 9.08. The Kier molecular flexibility index (Phi) is 4.39. The number of para-hydroxylation sites is 2. The number of hydrogen-bond donors (Lipinski definition) is 2. The quantitative estimate of drug-likeness (QED) is 0.541. The first-order chi connectivity index (χ1) is 12.6. The van der Waals surface area contributed by atoms with Gasteiger partial charge in [0, 0.05) is 34.0 Å². The van der Waals surface area contributed by atoms with E-state index in [9.17, 15) is 5.11 Å². The molecule has 1 heterocycles. The summed E-state index contributed by atoms with van der Waals surface area (Å²) >= 11 is 0. The summed E-state index contributed by atoms with van der Waals surface area (Å²) in [7, 11) is 0. The van der Waals surface area contributed by atoms with Crippen molar-refractivity contribution in [2.45, 2.75) is 26.5 Å². The van der Waals surface area contributed by atoms with Crippen molar-refractivity contribution in [2.75, 3.05) is 11.9 Å². The van der Waals surface area contributed by atoms with Crippen LogP contribution < -0.4 is 5.32 Å². The molecule has 3 aromatic carbocycles. The van der Waals surface area contributed by atoms with Gasteiger partial charge in [-0.2, -0.15) is 0 Å². The second-order valence-corrected chi connectivity index (χ2v) is 7.00. The fourth-order valence-electron chi connectivity index (χ4n) is 3.63. The van der Waals surface area contributed by atoms with Crippen LogP contribution in [0.15, 0.2) is 66.7 Å². The number of anilines is 1. The number of aliphatic hydroxyl groups excluding tert-OH is 1. The summed E-state index contributed by atoms with van der Waals surface area (Å²) in [5, 5.41) is 16.5. The predicted octanol–water partition coefficient (Wildman–Crippen LogP) is 4.88. The van der Waals surface area contributed by atoms with E-state index in [1.165, 1.54) is 32.9 Å². The monoisotopic (exact) mass is 344 g/mol. The van der Waals surface area contributed by atoms with Crippen molar-refractivity contribution in [3.63, 3.8) is 0 Å². The van der Waals surface area contributed by atoms with Gasteiger partial charge in [0.1, 0.15) is 0 Å². The number of nitrogens with zero attached hydrogens (tertiary/aromatic N) is 1. The molecule has 0 aliphatic heterocycles. The molecule has 2 N–H and O–H groups in total. The Hall–Kier alpha value is -2.78. The van der Waals surface area contributed by atoms with Gasteiger partial charge >= 0.3 is 0 Å². The van der Waals surface area contributed by atoms with Crippen LogP contribution in [-0.2, 0) is 6.54 Å². The lowest BCUT2D eigenvalue weighted by Gasteiger charge is -2.17. The highest BCUT2D eigenvalue weighted by Gasteiger charge is 2.13. The molecule has 3 heteroatoms. The van der Waals surface area contributed by atoms with Crippen LogP contribution >= 0.6 is 0 Å². The van der Waals surface area contributed by atoms with Gasteiger partial charge in [0.25, 0.3) is 0 Å². The van der Waals surface area contributed by atoms with Gasteiger partial charge < -0.3 is 15.0 Å². The molecule has 1 atom stereocenters. The average Bonchev–Trinajstić information content (AvgIpc) is 2.97. The number of aromatic nitrogens is 1. The van der Waals surface area contributed by atoms with Gasteiger partial charge in [-0.15, -0.1) is 0 Å². The van der Waals surface area contributed by atoms with Crippen LogP contribution in [0.25, 0.3) is 21.8 Å². The molecule has 0 spiro atoms. The van der Waals surface area contributed by atoms with Crippen molar-refractivity contribution in [3.05, 3.63) is 77.9 Å². The van der Waals surface area contributed by atoms with E-state index in [2.05, 4.69) is 90.5 Å². The highest BCUT2D eigenvalue weighted by atomic mass is 16.3. The molecule has 0 fully saturated rings. The number of benzene rings is 3. The summed E-state index contributed by atoms with van der Waals surface area (Å²) in [4.78, 5) is 0. The van der Waals surface area contributed by atoms with Crippen molar-refractivity contribution < 1.29 is 5.11 Å². The van der Waals surface area contributed by atoms with Gasteiger partial charge in [-0.25, -0.2) is 0 Å². The van der Waals surface area contributed by atoms with E-state index in [0.29, 0.717) is 13.1 Å². The van der Waals surface area contributed by atoms with Crippen LogP contribution in [0.4, 0.5) is 5.69 Å². The molecule has 0 aliphatic rings. The minimum absolute atomic E-state index is 0.478. The van der Waals surface area contributed by atoms with Gasteiger partial charge in [-0.1, -0.05) is 48.5 Å². The molecule has 0 bridgehead atoms. The lowest BCUT2D eigenvalue weighted by Crippen LogP contribution is -2.25. The third-order valence-electron chi connectivity index (χ3n) is 4.99. The number of fused-ring (bicyclic) bond motifs is 3. The first-order valence-corrected chi connectivity index (χ1v) is 9.08. The topological polar surface area (TPSA) is 37.2 Å². The van der Waals surface area contributed by atoms with Crippen LogP contribution in [0.5, 0.6) is 0 Å². The number of aryl methyl sites for hydroxylation is 2. The fourth-order valence-corrected chi connectivity index (χ4v) is 3.63. The van der Waals surface area contributed by atoms with Crippen LogP contribution in [0, 0.1) is 13.8 Å². The number of rotatable bonds is 5. The van der Waals surface area contributed by atoms with Crippen LogP contribution in [0.1, 0.15) is 11.1 Å². The van der Waals surface area contributed by atoms with Crippen molar-refractivity contribution in [1.82, 2.24) is 4.57 Å². The zero-order chi connectivity index (χ0) is 18.1. The van der Waals surface area contributed by atoms with Gasteiger partial charge in [0.05, 0.1) is 12.6 Å². The fraction of sp³-hybridized carbons (Fsp3) is 0.217. The zero-order valence-electron chi connectivity index (χ0n) is 15.2. The molecule has 132 valence electrons. The molecule has 3 nitrogen and oxygen atoms in total. The van der Waals surface area contributed by atoms with E-state index in [1.54, 1.807) is 0 Å². The summed E-state index contributed by atoms with van der Waals surface area (Å²) in [5.74, 6) is 0. The number of nitrogens with one attached hydrogen (secondary N) is 1. The molecule has 0 amide bonds. The van der Waals surface area contributed by atoms with E-state index >= 15 is 0 Å². The van der Waals surface area contributed by atoms with Crippen LogP contribution in [0.2, 0.25) is 0 Å². The molecule has 26 heavy (non-hydrogen) atoms. The molecule has 0 aliphatic carbocycles. The SMILES string of the molecule is Cc1ccc(C)c(NC[C@H](O)Cn2c3ccccc3c3ccccc32)c1. The van der Waals surface area contributed by atoms with Gasteiger partial charge in [-0.3, -0.25) is 0 Å². The maximum atomic E-state index is 10.7. The predicted molar refractivity (Wildman–Crippen MR) is 110 cm³/mol. The second-order valence-electron chi connectivity index (χ2n) is 7.00. The Balaban J connectivity index is 1.59. The molecule has 0 unspecified atom stereocenters. The maximum Gasteiger partial charge on any atom is 0.0891 e. The third kappa shape index (κ3) is 3.06. The Morgan fingerprint density at radius 3 is 2.15 bits per heavy atom. The summed E-state index contributed by atoms with van der Waals surface area (Å²) in [6.45, 7) is 5.25. The van der Waals surface area contributed by atoms with Crippen molar-refractivity contribution in [3.8, 4) is 0 Å². The summed E-state index contributed by atoms with van der Waals surface area (Å²) in [6, 6.07) is 23.1. The number of aliphatic hydroxyl groups is 1. The molecule has 1 aromatic heterocycles. The maximum absolute atomic E-state index is 10.7. The van der Waals surface area contributed by atoms with E-state index in [1.807, 2.05) is 0 Å². The van der Waals surface area contributed by atoms with Crippen molar-refractivity contribution in [2.24, 2.45) is 0 Å². The average molecular weight is 344 g/mol. The molecule has 4 rings (SSSR count). The minimum Gasteiger partial charge on any atom is -0.389 e. The van der Waals surface area contributed by atoms with Gasteiger partial charge in [0.15, 0.2) is 0 Å². The van der Waals surface area contributed by atoms with E-state index in [0.717, 1.165) is 5.69 Å². The Morgan fingerprint density at radius 2 is 1.50 bits per heavy atom. The highest BCUT2D eigenvalue weighted by molar-refractivity contribution is 6.07. The molecule has 0 saturated carbocycles. The van der Waals surface area contributed by atoms with Crippen molar-refractivity contribution in [1.29, 1.82) is 0 Å². The first kappa shape index (κ1) is 16.7. The van der Waals surface area contributed by atoms with Gasteiger partial charge in [-0.05, 0) is 43.2 Å². The second kappa shape index (κ2) is 6.85. The lowest BCUT2D eigenvalue weighted by molar-refractivity contribution is 0.169.